The lowest BCUT2D eigenvalue weighted by atomic mass is 9.86. The van der Waals surface area contributed by atoms with E-state index in [1.165, 1.54) is 0 Å². The van der Waals surface area contributed by atoms with Gasteiger partial charge in [-0.25, -0.2) is 0 Å². The van der Waals surface area contributed by atoms with Crippen LogP contribution in [0.5, 0.6) is 0 Å². The maximum atomic E-state index is 8.63. The molecule has 0 heterocycles. The largest absolute Gasteiger partial charge is 0.328 e. The van der Waals surface area contributed by atoms with Crippen molar-refractivity contribution in [2.24, 2.45) is 11.7 Å². The zero-order chi connectivity index (χ0) is 9.14. The van der Waals surface area contributed by atoms with Crippen molar-refractivity contribution < 1.29 is 14.3 Å². The lowest BCUT2D eigenvalue weighted by Crippen LogP contribution is -2.35. The van der Waals surface area contributed by atoms with Crippen molar-refractivity contribution in [2.45, 2.75) is 38.3 Å². The fourth-order valence-electron chi connectivity index (χ4n) is 1.81. The molecule has 0 spiro atoms. The molecule has 0 aromatic heterocycles. The summed E-state index contributed by atoms with van der Waals surface area (Å²) in [5.74, 6) is 0.522. The van der Waals surface area contributed by atoms with Crippen LogP contribution in [0, 0.1) is 5.92 Å². The third-order valence-corrected chi connectivity index (χ3v) is 2.67. The van der Waals surface area contributed by atoms with E-state index in [9.17, 15) is 0 Å². The maximum absolute atomic E-state index is 8.63. The molecule has 0 amide bonds. The summed E-state index contributed by atoms with van der Waals surface area (Å²) in [5, 5.41) is 0. The fraction of sp³-hybridized carbons (Fsp3) is 1.00. The summed E-state index contributed by atoms with van der Waals surface area (Å²) in [6.07, 6.45) is 2.57. The van der Waals surface area contributed by atoms with E-state index in [-0.39, 0.29) is 12.1 Å². The Morgan fingerprint density at radius 1 is 1.33 bits per heavy atom. The quantitative estimate of drug-likeness (QED) is 0.565. The molecule has 1 aliphatic carbocycles. The van der Waals surface area contributed by atoms with Crippen molar-refractivity contribution in [1.29, 1.82) is 0 Å². The zero-order valence-electron chi connectivity index (χ0n) is 7.18. The first-order valence-corrected chi connectivity index (χ1v) is 5.34. The Balaban J connectivity index is 2.34. The molecule has 1 rings (SSSR count). The predicted octanol–water partition coefficient (Wildman–Crippen LogP) is 0.730. The van der Waals surface area contributed by atoms with Gasteiger partial charge in [0.15, 0.2) is 0 Å². The predicted molar refractivity (Wildman–Crippen MR) is 47.2 cm³/mol. The van der Waals surface area contributed by atoms with Gasteiger partial charge in [0, 0.05) is 6.04 Å². The topological polar surface area (TPSA) is 75.7 Å². The highest BCUT2D eigenvalue weighted by Gasteiger charge is 2.26. The molecule has 0 aromatic carbocycles. The molecular weight excluding hydrogens is 177 g/mol. The third kappa shape index (κ3) is 3.33. The van der Waals surface area contributed by atoms with E-state index in [4.69, 9.17) is 20.0 Å². The van der Waals surface area contributed by atoms with Crippen LogP contribution in [0.2, 0.25) is 0 Å². The summed E-state index contributed by atoms with van der Waals surface area (Å²) >= 11 is 0. The highest BCUT2D eigenvalue weighted by atomic mass is 31.2. The highest BCUT2D eigenvalue weighted by molar-refractivity contribution is 7.39. The van der Waals surface area contributed by atoms with Gasteiger partial charge in [-0.15, -0.1) is 0 Å². The van der Waals surface area contributed by atoms with Crippen LogP contribution >= 0.6 is 8.60 Å². The van der Waals surface area contributed by atoms with E-state index in [1.54, 1.807) is 0 Å². The molecule has 0 saturated heterocycles. The Hall–Kier alpha value is 0.270. The molecule has 4 nitrogen and oxygen atoms in total. The minimum atomic E-state index is -2.22. The van der Waals surface area contributed by atoms with Crippen molar-refractivity contribution in [2.75, 3.05) is 0 Å². The van der Waals surface area contributed by atoms with Crippen LogP contribution in [0.15, 0.2) is 0 Å². The average molecular weight is 193 g/mol. The van der Waals surface area contributed by atoms with Crippen molar-refractivity contribution in [3.8, 4) is 0 Å². The smallest absolute Gasteiger partial charge is 0.327 e. The summed E-state index contributed by atoms with van der Waals surface area (Å²) < 4.78 is 4.93. The van der Waals surface area contributed by atoms with E-state index in [2.05, 4.69) is 6.92 Å². The summed E-state index contributed by atoms with van der Waals surface area (Å²) in [6.45, 7) is 2.10. The summed E-state index contributed by atoms with van der Waals surface area (Å²) in [7, 11) is -2.22. The second kappa shape index (κ2) is 4.49. The van der Waals surface area contributed by atoms with Gasteiger partial charge in [-0.2, -0.15) is 0 Å². The minimum Gasteiger partial charge on any atom is -0.328 e. The molecule has 3 atom stereocenters. The molecule has 0 aromatic rings. The lowest BCUT2D eigenvalue weighted by molar-refractivity contribution is 0.102. The average Bonchev–Trinajstić information content (AvgIpc) is 1.81. The molecule has 1 fully saturated rings. The normalized spacial score (nSPS) is 37.2. The Kier molecular flexibility index (Phi) is 3.87. The summed E-state index contributed by atoms with van der Waals surface area (Å²) in [5.41, 5.74) is 5.76. The zero-order valence-corrected chi connectivity index (χ0v) is 8.08. The molecule has 12 heavy (non-hydrogen) atoms. The standard InChI is InChI=1S/C7H16NO3P/c1-5-2-6(8)4-7(3-5)11-12(9)10/h5-7,9-10H,2-4,8H2,1H3. The van der Waals surface area contributed by atoms with Gasteiger partial charge in [-0.05, 0) is 25.2 Å². The van der Waals surface area contributed by atoms with Gasteiger partial charge in [-0.3, -0.25) is 0 Å². The van der Waals surface area contributed by atoms with E-state index in [0.29, 0.717) is 5.92 Å². The SMILES string of the molecule is CC1CC(N)CC(OP(O)O)C1. The van der Waals surface area contributed by atoms with Crippen LogP contribution in [-0.2, 0) is 4.52 Å². The first-order valence-electron chi connectivity index (χ1n) is 4.18. The van der Waals surface area contributed by atoms with E-state index >= 15 is 0 Å². The molecule has 3 unspecified atom stereocenters. The van der Waals surface area contributed by atoms with Crippen molar-refractivity contribution in [3.05, 3.63) is 0 Å². The van der Waals surface area contributed by atoms with Gasteiger partial charge < -0.3 is 20.0 Å². The number of rotatable bonds is 2. The Morgan fingerprint density at radius 3 is 2.50 bits per heavy atom. The molecule has 1 aliphatic rings. The monoisotopic (exact) mass is 193 g/mol. The first kappa shape index (κ1) is 10.4. The van der Waals surface area contributed by atoms with Crippen LogP contribution < -0.4 is 5.73 Å². The number of hydrogen-bond acceptors (Lipinski definition) is 4. The van der Waals surface area contributed by atoms with Crippen LogP contribution in [0.3, 0.4) is 0 Å². The van der Waals surface area contributed by atoms with Crippen molar-refractivity contribution in [3.63, 3.8) is 0 Å². The van der Waals surface area contributed by atoms with E-state index < -0.39 is 8.60 Å². The van der Waals surface area contributed by atoms with Crippen LogP contribution in [0.4, 0.5) is 0 Å². The maximum Gasteiger partial charge on any atom is 0.327 e. The minimum absolute atomic E-state index is 0.0649. The van der Waals surface area contributed by atoms with Gasteiger partial charge >= 0.3 is 8.60 Å². The second-order valence-electron chi connectivity index (χ2n) is 3.55. The van der Waals surface area contributed by atoms with Crippen LogP contribution in [-0.4, -0.2) is 21.9 Å². The van der Waals surface area contributed by atoms with Crippen molar-refractivity contribution >= 4 is 8.60 Å². The van der Waals surface area contributed by atoms with Crippen LogP contribution in [0.25, 0.3) is 0 Å². The Labute approximate surface area is 73.7 Å². The molecule has 0 radical (unpaired) electrons. The van der Waals surface area contributed by atoms with Gasteiger partial charge in [0.2, 0.25) is 0 Å². The Morgan fingerprint density at radius 2 is 2.00 bits per heavy atom. The molecule has 0 aliphatic heterocycles. The third-order valence-electron chi connectivity index (χ3n) is 2.18. The number of nitrogens with two attached hydrogens (primary N) is 1. The molecule has 0 bridgehead atoms. The lowest BCUT2D eigenvalue weighted by Gasteiger charge is -2.30. The van der Waals surface area contributed by atoms with Gasteiger partial charge in [-0.1, -0.05) is 6.92 Å². The summed E-state index contributed by atoms with van der Waals surface area (Å²) in [4.78, 5) is 17.3. The molecular formula is C7H16NO3P. The van der Waals surface area contributed by atoms with Gasteiger partial charge in [0.1, 0.15) is 0 Å². The fourth-order valence-corrected chi connectivity index (χ4v) is 2.25. The second-order valence-corrected chi connectivity index (χ2v) is 4.27. The van der Waals surface area contributed by atoms with E-state index in [1.807, 2.05) is 0 Å². The molecule has 4 N–H and O–H groups in total. The van der Waals surface area contributed by atoms with Gasteiger partial charge in [0.05, 0.1) is 6.10 Å². The summed E-state index contributed by atoms with van der Waals surface area (Å²) in [6, 6.07) is 0.147. The van der Waals surface area contributed by atoms with E-state index in [0.717, 1.165) is 19.3 Å². The van der Waals surface area contributed by atoms with Crippen LogP contribution in [0.1, 0.15) is 26.2 Å². The first-order chi connectivity index (χ1) is 5.58. The highest BCUT2D eigenvalue weighted by Crippen LogP contribution is 2.34. The number of hydrogen-bond donors (Lipinski definition) is 3. The Bertz CT molecular complexity index is 132. The molecule has 5 heteroatoms. The van der Waals surface area contributed by atoms with Gasteiger partial charge in [0.25, 0.3) is 0 Å². The molecule has 72 valence electrons. The van der Waals surface area contributed by atoms with Crippen molar-refractivity contribution in [1.82, 2.24) is 0 Å². The molecule has 1 saturated carbocycles.